The minimum atomic E-state index is -0.618. The second-order valence-electron chi connectivity index (χ2n) is 4.83. The number of benzene rings is 1. The van der Waals surface area contributed by atoms with Gasteiger partial charge in [-0.05, 0) is 23.9 Å². The molecule has 1 aromatic rings. The molecule has 1 aromatic carbocycles. The third kappa shape index (κ3) is 4.19. The van der Waals surface area contributed by atoms with Gasteiger partial charge in [-0.25, -0.2) is 4.79 Å². The van der Waals surface area contributed by atoms with Crippen LogP contribution in [0.15, 0.2) is 33.3 Å². The maximum atomic E-state index is 11.7. The molecule has 0 atom stereocenters. The number of hydrogen-bond acceptors (Lipinski definition) is 8. The van der Waals surface area contributed by atoms with Gasteiger partial charge in [0.15, 0.2) is 12.0 Å². The number of rotatable bonds is 3. The zero-order chi connectivity index (χ0) is 17.8. The maximum Gasteiger partial charge on any atom is 0.331 e. The number of halogens is 1. The Kier molecular flexibility index (Phi) is 5.37. The Balaban J connectivity index is 1.77. The third-order valence-corrected chi connectivity index (χ3v) is 4.27. The molecular weight excluding hydrogens is 370 g/mol. The van der Waals surface area contributed by atoms with Gasteiger partial charge in [-0.3, -0.25) is 10.1 Å². The minimum absolute atomic E-state index is 0.150. The van der Waals surface area contributed by atoms with E-state index in [1.165, 1.54) is 13.3 Å². The van der Waals surface area contributed by atoms with E-state index in [2.05, 4.69) is 20.3 Å². The first kappa shape index (κ1) is 17.5. The fourth-order valence-electron chi connectivity index (χ4n) is 2.09. The van der Waals surface area contributed by atoms with E-state index in [0.29, 0.717) is 22.9 Å². The molecule has 0 aromatic heterocycles. The average Bonchev–Trinajstić information content (AvgIpc) is 2.94. The summed E-state index contributed by atoms with van der Waals surface area (Å²) < 4.78 is 15.2. The van der Waals surface area contributed by atoms with Gasteiger partial charge >= 0.3 is 5.97 Å². The number of carbonyl (C=O) groups excluding carboxylic acids is 2. The van der Waals surface area contributed by atoms with Gasteiger partial charge < -0.3 is 14.2 Å². The molecule has 1 fully saturated rings. The summed E-state index contributed by atoms with van der Waals surface area (Å²) in [7, 11) is 1.23. The highest BCUT2D eigenvalue weighted by atomic mass is 35.5. The van der Waals surface area contributed by atoms with Gasteiger partial charge in [-0.2, -0.15) is 5.10 Å². The number of ether oxygens (including phenoxy) is 3. The Labute approximate surface area is 151 Å². The van der Waals surface area contributed by atoms with E-state index in [9.17, 15) is 9.59 Å². The summed E-state index contributed by atoms with van der Waals surface area (Å²) in [5.41, 5.74) is 1.47. The summed E-state index contributed by atoms with van der Waals surface area (Å²) >= 11 is 7.06. The summed E-state index contributed by atoms with van der Waals surface area (Å²) in [5, 5.41) is 11.1. The van der Waals surface area contributed by atoms with E-state index >= 15 is 0 Å². The van der Waals surface area contributed by atoms with Crippen molar-refractivity contribution in [2.45, 2.75) is 6.61 Å². The van der Waals surface area contributed by atoms with E-state index in [1.807, 2.05) is 0 Å². The average molecular weight is 382 g/mol. The number of esters is 1. The van der Waals surface area contributed by atoms with Gasteiger partial charge in [0.05, 0.1) is 24.8 Å². The van der Waals surface area contributed by atoms with Gasteiger partial charge in [0.25, 0.3) is 5.91 Å². The van der Waals surface area contributed by atoms with E-state index in [4.69, 9.17) is 21.1 Å². The van der Waals surface area contributed by atoms with Crippen molar-refractivity contribution in [3.63, 3.8) is 0 Å². The van der Waals surface area contributed by atoms with Crippen LogP contribution >= 0.6 is 23.4 Å². The van der Waals surface area contributed by atoms with Crippen molar-refractivity contribution in [2.24, 2.45) is 10.2 Å². The monoisotopic (exact) mass is 381 g/mol. The van der Waals surface area contributed by atoms with Gasteiger partial charge in [-0.15, -0.1) is 5.10 Å². The first-order valence-electron chi connectivity index (χ1n) is 6.99. The maximum absolute atomic E-state index is 11.7. The number of amides is 1. The van der Waals surface area contributed by atoms with Crippen LogP contribution in [-0.4, -0.2) is 37.2 Å². The molecule has 0 saturated carbocycles. The molecular formula is C15H12ClN3O5S. The smallest absolute Gasteiger partial charge is 0.331 e. The Hall–Kier alpha value is -2.36. The van der Waals surface area contributed by atoms with Gasteiger partial charge in [0.2, 0.25) is 0 Å². The highest BCUT2D eigenvalue weighted by molar-refractivity contribution is 8.18. The molecule has 0 aliphatic carbocycles. The van der Waals surface area contributed by atoms with Crippen LogP contribution < -0.4 is 10.1 Å². The lowest BCUT2D eigenvalue weighted by Crippen LogP contribution is -2.19. The lowest BCUT2D eigenvalue weighted by molar-refractivity contribution is -0.135. The highest BCUT2D eigenvalue weighted by Crippen LogP contribution is 2.30. The number of thioether (sulfide) groups is 1. The highest BCUT2D eigenvalue weighted by Gasteiger charge is 2.25. The number of amidine groups is 1. The van der Waals surface area contributed by atoms with Crippen molar-refractivity contribution < 1.29 is 23.8 Å². The Morgan fingerprint density at radius 1 is 1.48 bits per heavy atom. The van der Waals surface area contributed by atoms with Gasteiger partial charge in [-0.1, -0.05) is 11.6 Å². The quantitative estimate of drug-likeness (QED) is 0.371. The lowest BCUT2D eigenvalue weighted by Gasteiger charge is -2.19. The zero-order valence-corrected chi connectivity index (χ0v) is 14.5. The van der Waals surface area contributed by atoms with Crippen LogP contribution in [0.3, 0.4) is 0 Å². The number of fused-ring (bicyclic) bond motifs is 1. The number of carbonyl (C=O) groups is 2. The van der Waals surface area contributed by atoms with Crippen LogP contribution in [0.25, 0.3) is 0 Å². The molecule has 0 spiro atoms. The molecule has 0 unspecified atom stereocenters. The molecule has 1 N–H and O–H groups in total. The first-order chi connectivity index (χ1) is 12.1. The Bertz CT molecular complexity index is 822. The van der Waals surface area contributed by atoms with Gasteiger partial charge in [0, 0.05) is 22.2 Å². The molecule has 2 aliphatic rings. The van der Waals surface area contributed by atoms with Crippen LogP contribution in [0.1, 0.15) is 11.1 Å². The first-order valence-corrected chi connectivity index (χ1v) is 8.19. The minimum Gasteiger partial charge on any atom is -0.466 e. The lowest BCUT2D eigenvalue weighted by atomic mass is 10.1. The predicted octanol–water partition coefficient (Wildman–Crippen LogP) is 1.82. The molecule has 2 aliphatic heterocycles. The van der Waals surface area contributed by atoms with Crippen LogP contribution in [0.2, 0.25) is 5.02 Å². The molecule has 130 valence electrons. The second kappa shape index (κ2) is 7.68. The zero-order valence-electron chi connectivity index (χ0n) is 12.9. The van der Waals surface area contributed by atoms with Crippen LogP contribution in [-0.2, 0) is 25.7 Å². The van der Waals surface area contributed by atoms with Gasteiger partial charge in [0.1, 0.15) is 5.75 Å². The number of hydrogen-bond donors (Lipinski definition) is 1. The number of nitrogens with one attached hydrogen (secondary N) is 1. The Morgan fingerprint density at radius 3 is 3.12 bits per heavy atom. The van der Waals surface area contributed by atoms with Crippen molar-refractivity contribution in [1.82, 2.24) is 5.32 Å². The SMILES string of the molecule is COC(=O)/C=C1/S/C(=N\N=Cc2cc(Cl)cc3c2OCOC3)NC1=O. The number of methoxy groups -OCH3 is 1. The standard InChI is InChI=1S/C15H12ClN3O5S/c1-22-12(20)4-11-14(21)18-15(25-11)19-17-5-8-2-10(16)3-9-6-23-7-24-13(8)9/h2-5H,6-7H2,1H3,(H,18,19,21)/b11-4+,17-5?. The third-order valence-electron chi connectivity index (χ3n) is 3.15. The topological polar surface area (TPSA) is 98.6 Å². The second-order valence-corrected chi connectivity index (χ2v) is 6.30. The predicted molar refractivity (Wildman–Crippen MR) is 92.6 cm³/mol. The van der Waals surface area contributed by atoms with Crippen molar-refractivity contribution in [3.05, 3.63) is 39.3 Å². The molecule has 10 heteroatoms. The van der Waals surface area contributed by atoms with Crippen molar-refractivity contribution >= 4 is 46.6 Å². The van der Waals surface area contributed by atoms with Crippen LogP contribution in [0, 0.1) is 0 Å². The summed E-state index contributed by atoms with van der Waals surface area (Å²) in [5.74, 6) is -0.425. The van der Waals surface area contributed by atoms with E-state index in [1.54, 1.807) is 12.1 Å². The largest absolute Gasteiger partial charge is 0.466 e. The summed E-state index contributed by atoms with van der Waals surface area (Å²) in [6, 6.07) is 3.45. The summed E-state index contributed by atoms with van der Waals surface area (Å²) in [6.45, 7) is 0.552. The summed E-state index contributed by atoms with van der Waals surface area (Å²) in [4.78, 5) is 23.1. The molecule has 8 nitrogen and oxygen atoms in total. The number of nitrogens with zero attached hydrogens (tertiary/aromatic N) is 2. The molecule has 0 bridgehead atoms. The van der Waals surface area contributed by atoms with Crippen molar-refractivity contribution in [3.8, 4) is 5.75 Å². The van der Waals surface area contributed by atoms with Crippen molar-refractivity contribution in [1.29, 1.82) is 0 Å². The van der Waals surface area contributed by atoms with E-state index in [-0.39, 0.29) is 16.9 Å². The molecule has 0 radical (unpaired) electrons. The molecule has 25 heavy (non-hydrogen) atoms. The van der Waals surface area contributed by atoms with E-state index < -0.39 is 11.9 Å². The molecule has 1 amide bonds. The summed E-state index contributed by atoms with van der Waals surface area (Å²) in [6.07, 6.45) is 2.56. The van der Waals surface area contributed by atoms with Crippen LogP contribution in [0.4, 0.5) is 0 Å². The molecule has 1 saturated heterocycles. The van der Waals surface area contributed by atoms with Crippen LogP contribution in [0.5, 0.6) is 5.75 Å². The van der Waals surface area contributed by atoms with E-state index in [0.717, 1.165) is 23.4 Å². The fourth-order valence-corrected chi connectivity index (χ4v) is 3.08. The molecule has 3 rings (SSSR count). The van der Waals surface area contributed by atoms with Crippen molar-refractivity contribution in [2.75, 3.05) is 13.9 Å². The Morgan fingerprint density at radius 2 is 2.32 bits per heavy atom. The normalized spacial score (nSPS) is 19.8. The molecule has 2 heterocycles. The fraction of sp³-hybridized carbons (Fsp3) is 0.200.